The van der Waals surface area contributed by atoms with Gasteiger partial charge in [-0.3, -0.25) is 4.79 Å². The SMILES string of the molecule is O=C1CC2(CCNCC2)C(c2ccc(F)cc2)CN1. The highest BCUT2D eigenvalue weighted by Gasteiger charge is 2.44. The van der Waals surface area contributed by atoms with E-state index in [2.05, 4.69) is 10.6 Å². The predicted molar refractivity (Wildman–Crippen MR) is 71.3 cm³/mol. The van der Waals surface area contributed by atoms with Crippen molar-refractivity contribution < 1.29 is 9.18 Å². The van der Waals surface area contributed by atoms with Crippen LogP contribution in [0.25, 0.3) is 0 Å². The first kappa shape index (κ1) is 12.6. The Morgan fingerprint density at radius 1 is 1.16 bits per heavy atom. The van der Waals surface area contributed by atoms with Gasteiger partial charge >= 0.3 is 0 Å². The molecule has 1 spiro atoms. The molecule has 2 heterocycles. The molecule has 3 nitrogen and oxygen atoms in total. The molecule has 2 aliphatic heterocycles. The summed E-state index contributed by atoms with van der Waals surface area (Å²) in [4.78, 5) is 11.8. The summed E-state index contributed by atoms with van der Waals surface area (Å²) in [6.45, 7) is 2.60. The second-order valence-electron chi connectivity index (χ2n) is 5.70. The number of benzene rings is 1. The molecule has 1 aromatic carbocycles. The molecule has 4 heteroatoms. The Hall–Kier alpha value is -1.42. The lowest BCUT2D eigenvalue weighted by molar-refractivity contribution is -0.127. The molecule has 0 aromatic heterocycles. The zero-order valence-electron chi connectivity index (χ0n) is 10.9. The fourth-order valence-electron chi connectivity index (χ4n) is 3.55. The molecule has 0 radical (unpaired) electrons. The van der Waals surface area contributed by atoms with Crippen molar-refractivity contribution in [1.82, 2.24) is 10.6 Å². The van der Waals surface area contributed by atoms with Crippen LogP contribution in [0.15, 0.2) is 24.3 Å². The normalized spacial score (nSPS) is 26.2. The first-order valence-corrected chi connectivity index (χ1v) is 6.92. The Kier molecular flexibility index (Phi) is 3.27. The average molecular weight is 262 g/mol. The van der Waals surface area contributed by atoms with E-state index in [0.717, 1.165) is 31.5 Å². The number of hydrogen-bond acceptors (Lipinski definition) is 2. The lowest BCUT2D eigenvalue weighted by Crippen LogP contribution is -2.51. The summed E-state index contributed by atoms with van der Waals surface area (Å²) in [5.41, 5.74) is 1.19. The van der Waals surface area contributed by atoms with Gasteiger partial charge in [0.05, 0.1) is 0 Å². The highest BCUT2D eigenvalue weighted by molar-refractivity contribution is 5.78. The number of rotatable bonds is 1. The molecule has 0 aliphatic carbocycles. The fraction of sp³-hybridized carbons (Fsp3) is 0.533. The van der Waals surface area contributed by atoms with Gasteiger partial charge in [0.1, 0.15) is 5.82 Å². The predicted octanol–water partition coefficient (Wildman–Crippen LogP) is 1.80. The van der Waals surface area contributed by atoms with Crippen LogP contribution in [-0.4, -0.2) is 25.5 Å². The van der Waals surface area contributed by atoms with Crippen LogP contribution in [-0.2, 0) is 4.79 Å². The molecule has 1 unspecified atom stereocenters. The van der Waals surface area contributed by atoms with Crippen LogP contribution in [0, 0.1) is 11.2 Å². The van der Waals surface area contributed by atoms with Crippen LogP contribution < -0.4 is 10.6 Å². The number of piperidine rings is 2. The van der Waals surface area contributed by atoms with Crippen LogP contribution in [0.4, 0.5) is 4.39 Å². The lowest BCUT2D eigenvalue weighted by atomic mass is 9.63. The molecular weight excluding hydrogens is 243 g/mol. The summed E-state index contributed by atoms with van der Waals surface area (Å²) < 4.78 is 13.1. The number of hydrogen-bond donors (Lipinski definition) is 2. The van der Waals surface area contributed by atoms with Crippen molar-refractivity contribution in [3.8, 4) is 0 Å². The standard InChI is InChI=1S/C15H19FN2O/c16-12-3-1-11(2-4-12)13-10-18-14(19)9-15(13)5-7-17-8-6-15/h1-4,13,17H,5-10H2,(H,18,19). The van der Waals surface area contributed by atoms with Gasteiger partial charge in [0.25, 0.3) is 0 Å². The van der Waals surface area contributed by atoms with Crippen LogP contribution in [0.5, 0.6) is 0 Å². The first-order valence-electron chi connectivity index (χ1n) is 6.92. The summed E-state index contributed by atoms with van der Waals surface area (Å²) in [5.74, 6) is 0.246. The van der Waals surface area contributed by atoms with Crippen molar-refractivity contribution in [2.75, 3.05) is 19.6 Å². The van der Waals surface area contributed by atoms with Crippen LogP contribution >= 0.6 is 0 Å². The van der Waals surface area contributed by atoms with E-state index in [1.165, 1.54) is 12.1 Å². The van der Waals surface area contributed by atoms with E-state index in [0.29, 0.717) is 18.9 Å². The highest BCUT2D eigenvalue weighted by Crippen LogP contribution is 2.47. The van der Waals surface area contributed by atoms with E-state index in [1.54, 1.807) is 0 Å². The summed E-state index contributed by atoms with van der Waals surface area (Å²) in [6, 6.07) is 6.75. The van der Waals surface area contributed by atoms with Crippen molar-refractivity contribution in [2.24, 2.45) is 5.41 Å². The molecule has 1 amide bonds. The molecule has 2 aliphatic rings. The van der Waals surface area contributed by atoms with Crippen LogP contribution in [0.2, 0.25) is 0 Å². The maximum atomic E-state index is 13.1. The fourth-order valence-corrected chi connectivity index (χ4v) is 3.55. The first-order chi connectivity index (χ1) is 9.20. The molecule has 3 rings (SSSR count). The molecule has 102 valence electrons. The monoisotopic (exact) mass is 262 g/mol. The van der Waals surface area contributed by atoms with Gasteiger partial charge in [0.15, 0.2) is 0 Å². The van der Waals surface area contributed by atoms with Crippen LogP contribution in [0.3, 0.4) is 0 Å². The Morgan fingerprint density at radius 2 is 1.84 bits per heavy atom. The summed E-state index contributed by atoms with van der Waals surface area (Å²) >= 11 is 0. The highest BCUT2D eigenvalue weighted by atomic mass is 19.1. The molecule has 1 aromatic rings. The van der Waals surface area contributed by atoms with E-state index in [9.17, 15) is 9.18 Å². The second kappa shape index (κ2) is 4.93. The average Bonchev–Trinajstić information content (AvgIpc) is 2.41. The van der Waals surface area contributed by atoms with Crippen molar-refractivity contribution in [1.29, 1.82) is 0 Å². The quantitative estimate of drug-likeness (QED) is 0.810. The van der Waals surface area contributed by atoms with E-state index in [1.807, 2.05) is 12.1 Å². The Labute approximate surface area is 112 Å². The lowest BCUT2D eigenvalue weighted by Gasteiger charge is -2.46. The maximum Gasteiger partial charge on any atom is 0.220 e. The van der Waals surface area contributed by atoms with Crippen LogP contribution in [0.1, 0.15) is 30.7 Å². The number of nitrogens with one attached hydrogen (secondary N) is 2. The van der Waals surface area contributed by atoms with E-state index in [4.69, 9.17) is 0 Å². The van der Waals surface area contributed by atoms with E-state index < -0.39 is 0 Å². The summed E-state index contributed by atoms with van der Waals surface area (Å²) in [6.07, 6.45) is 2.63. The van der Waals surface area contributed by atoms with Gasteiger partial charge in [-0.2, -0.15) is 0 Å². The minimum Gasteiger partial charge on any atom is -0.355 e. The van der Waals surface area contributed by atoms with E-state index >= 15 is 0 Å². The van der Waals surface area contributed by atoms with Crippen molar-refractivity contribution in [3.05, 3.63) is 35.6 Å². The molecule has 2 N–H and O–H groups in total. The molecule has 2 fully saturated rings. The summed E-state index contributed by atoms with van der Waals surface area (Å²) in [7, 11) is 0. The number of carbonyl (C=O) groups excluding carboxylic acids is 1. The van der Waals surface area contributed by atoms with Crippen molar-refractivity contribution in [3.63, 3.8) is 0 Å². The zero-order valence-corrected chi connectivity index (χ0v) is 10.9. The third kappa shape index (κ3) is 2.37. The Bertz CT molecular complexity index is 466. The smallest absolute Gasteiger partial charge is 0.220 e. The van der Waals surface area contributed by atoms with E-state index in [-0.39, 0.29) is 17.1 Å². The molecule has 2 saturated heterocycles. The van der Waals surface area contributed by atoms with Gasteiger partial charge in [-0.15, -0.1) is 0 Å². The molecule has 19 heavy (non-hydrogen) atoms. The maximum absolute atomic E-state index is 13.1. The Morgan fingerprint density at radius 3 is 2.53 bits per heavy atom. The number of carbonyl (C=O) groups is 1. The van der Waals surface area contributed by atoms with Gasteiger partial charge in [0, 0.05) is 18.9 Å². The van der Waals surface area contributed by atoms with Crippen molar-refractivity contribution in [2.45, 2.75) is 25.2 Å². The minimum atomic E-state index is -0.206. The largest absolute Gasteiger partial charge is 0.355 e. The van der Waals surface area contributed by atoms with Gasteiger partial charge in [-0.25, -0.2) is 4.39 Å². The molecular formula is C15H19FN2O. The molecule has 1 atom stereocenters. The minimum absolute atomic E-state index is 0.0470. The van der Waals surface area contributed by atoms with Gasteiger partial charge in [-0.1, -0.05) is 12.1 Å². The van der Waals surface area contributed by atoms with Gasteiger partial charge < -0.3 is 10.6 Å². The molecule has 0 saturated carbocycles. The number of amides is 1. The van der Waals surface area contributed by atoms with Gasteiger partial charge in [0.2, 0.25) is 5.91 Å². The van der Waals surface area contributed by atoms with Gasteiger partial charge in [-0.05, 0) is 49.0 Å². The second-order valence-corrected chi connectivity index (χ2v) is 5.70. The third-order valence-corrected chi connectivity index (χ3v) is 4.63. The zero-order chi connectivity index (χ0) is 13.3. The third-order valence-electron chi connectivity index (χ3n) is 4.63. The summed E-state index contributed by atoms with van der Waals surface area (Å²) in [5, 5.41) is 6.32. The topological polar surface area (TPSA) is 41.1 Å². The Balaban J connectivity index is 1.92. The number of halogens is 1. The molecule has 0 bridgehead atoms. The van der Waals surface area contributed by atoms with Crippen molar-refractivity contribution >= 4 is 5.91 Å².